The third-order valence-electron chi connectivity index (χ3n) is 4.18. The molecule has 0 aliphatic heterocycles. The number of rotatable bonds is 5. The van der Waals surface area contributed by atoms with Crippen molar-refractivity contribution < 1.29 is 4.21 Å². The number of hydrogen-bond donors (Lipinski definition) is 2. The number of hydrogen-bond acceptors (Lipinski definition) is 3. The molecule has 8 heteroatoms. The Kier molecular flexibility index (Phi) is 9.11. The number of aryl methyl sites for hydroxylation is 1. The van der Waals surface area contributed by atoms with Gasteiger partial charge < -0.3 is 15.2 Å². The van der Waals surface area contributed by atoms with E-state index >= 15 is 0 Å². The van der Waals surface area contributed by atoms with Crippen LogP contribution in [-0.2, 0) is 24.4 Å². The van der Waals surface area contributed by atoms with Crippen LogP contribution in [0.5, 0.6) is 0 Å². The standard InChI is InChI=1S/C15H27N5OS.HI/c1-4-22(21)13-7-5-6-12(10-13)19-15(16-2)18-11-14-17-8-9-20(14)3;/h8-9,12-13H,4-7,10-11H2,1-3H3,(H2,16,18,19);1H. The van der Waals surface area contributed by atoms with Crippen molar-refractivity contribution in [3.8, 4) is 0 Å². The molecule has 3 atom stereocenters. The lowest BCUT2D eigenvalue weighted by Gasteiger charge is -2.30. The Balaban J connectivity index is 0.00000264. The minimum absolute atomic E-state index is 0. The van der Waals surface area contributed by atoms with Crippen molar-refractivity contribution in [3.63, 3.8) is 0 Å². The molecule has 132 valence electrons. The minimum atomic E-state index is -0.696. The van der Waals surface area contributed by atoms with Crippen molar-refractivity contribution in [3.05, 3.63) is 18.2 Å². The molecule has 3 unspecified atom stereocenters. The second-order valence-corrected chi connectivity index (χ2v) is 7.68. The topological polar surface area (TPSA) is 71.3 Å². The van der Waals surface area contributed by atoms with Gasteiger partial charge >= 0.3 is 0 Å². The fraction of sp³-hybridized carbons (Fsp3) is 0.733. The third-order valence-corrected chi connectivity index (χ3v) is 5.92. The van der Waals surface area contributed by atoms with Gasteiger partial charge in [-0.15, -0.1) is 24.0 Å². The van der Waals surface area contributed by atoms with Crippen LogP contribution in [-0.4, -0.2) is 43.8 Å². The van der Waals surface area contributed by atoms with Gasteiger partial charge in [-0.25, -0.2) is 4.98 Å². The predicted octanol–water partition coefficient (Wildman–Crippen LogP) is 1.78. The zero-order valence-electron chi connectivity index (χ0n) is 14.1. The van der Waals surface area contributed by atoms with Crippen LogP contribution < -0.4 is 10.6 Å². The maximum atomic E-state index is 12.0. The van der Waals surface area contributed by atoms with Gasteiger partial charge in [-0.05, 0) is 19.3 Å². The molecule has 23 heavy (non-hydrogen) atoms. The number of guanidine groups is 1. The molecule has 0 aromatic carbocycles. The second-order valence-electron chi connectivity index (χ2n) is 5.68. The molecular weight excluding hydrogens is 425 g/mol. The number of nitrogens with zero attached hydrogens (tertiary/aromatic N) is 3. The molecule has 0 radical (unpaired) electrons. The van der Waals surface area contributed by atoms with E-state index in [1.807, 2.05) is 24.7 Å². The van der Waals surface area contributed by atoms with Gasteiger partial charge in [-0.1, -0.05) is 13.3 Å². The Morgan fingerprint density at radius 3 is 2.91 bits per heavy atom. The van der Waals surface area contributed by atoms with E-state index in [1.54, 1.807) is 13.2 Å². The summed E-state index contributed by atoms with van der Waals surface area (Å²) in [4.78, 5) is 8.58. The zero-order valence-corrected chi connectivity index (χ0v) is 17.3. The molecule has 0 saturated heterocycles. The number of aliphatic imine (C=N–C) groups is 1. The molecular formula is C15H28IN5OS. The third kappa shape index (κ3) is 6.06. The van der Waals surface area contributed by atoms with Gasteiger partial charge in [0.05, 0.1) is 6.54 Å². The number of aromatic nitrogens is 2. The largest absolute Gasteiger partial charge is 0.354 e. The van der Waals surface area contributed by atoms with Crippen LogP contribution in [0, 0.1) is 0 Å². The molecule has 1 aromatic rings. The fourth-order valence-electron chi connectivity index (χ4n) is 2.87. The summed E-state index contributed by atoms with van der Waals surface area (Å²) in [7, 11) is 3.06. The summed E-state index contributed by atoms with van der Waals surface area (Å²) in [5, 5.41) is 7.08. The maximum absolute atomic E-state index is 12.0. The summed E-state index contributed by atoms with van der Waals surface area (Å²) in [6.07, 6.45) is 8.00. The number of nitrogens with one attached hydrogen (secondary N) is 2. The quantitative estimate of drug-likeness (QED) is 0.405. The SMILES string of the molecule is CCS(=O)C1CCCC(NC(=NC)NCc2nccn2C)C1.I. The predicted molar refractivity (Wildman–Crippen MR) is 107 cm³/mol. The second kappa shape index (κ2) is 10.3. The van der Waals surface area contributed by atoms with Gasteiger partial charge in [0.15, 0.2) is 5.96 Å². The van der Waals surface area contributed by atoms with E-state index in [4.69, 9.17) is 0 Å². The van der Waals surface area contributed by atoms with Crippen molar-refractivity contribution in [1.29, 1.82) is 0 Å². The Hall–Kier alpha value is -0.640. The summed E-state index contributed by atoms with van der Waals surface area (Å²) < 4.78 is 14.0. The van der Waals surface area contributed by atoms with E-state index in [0.29, 0.717) is 17.8 Å². The lowest BCUT2D eigenvalue weighted by Crippen LogP contribution is -2.46. The molecule has 1 aromatic heterocycles. The first-order valence-corrected chi connectivity index (χ1v) is 9.32. The van der Waals surface area contributed by atoms with Gasteiger partial charge in [-0.3, -0.25) is 9.20 Å². The average Bonchev–Trinajstić information content (AvgIpc) is 2.96. The van der Waals surface area contributed by atoms with E-state index < -0.39 is 10.8 Å². The highest BCUT2D eigenvalue weighted by molar-refractivity contribution is 14.0. The summed E-state index contributed by atoms with van der Waals surface area (Å²) >= 11 is 0. The van der Waals surface area contributed by atoms with Crippen LogP contribution >= 0.6 is 24.0 Å². The van der Waals surface area contributed by atoms with Crippen molar-refractivity contribution >= 4 is 40.7 Å². The summed E-state index contributed by atoms with van der Waals surface area (Å²) in [6.45, 7) is 2.64. The average molecular weight is 453 g/mol. The molecule has 0 spiro atoms. The zero-order chi connectivity index (χ0) is 15.9. The molecule has 1 aliphatic carbocycles. The fourth-order valence-corrected chi connectivity index (χ4v) is 4.22. The van der Waals surface area contributed by atoms with Crippen molar-refractivity contribution in [2.75, 3.05) is 12.8 Å². The van der Waals surface area contributed by atoms with Crippen LogP contribution in [0.3, 0.4) is 0 Å². The van der Waals surface area contributed by atoms with Crippen molar-refractivity contribution in [2.24, 2.45) is 12.0 Å². The Morgan fingerprint density at radius 1 is 1.52 bits per heavy atom. The molecule has 6 nitrogen and oxygen atoms in total. The Morgan fingerprint density at radius 2 is 2.30 bits per heavy atom. The molecule has 1 saturated carbocycles. The van der Waals surface area contributed by atoms with E-state index in [-0.39, 0.29) is 24.0 Å². The van der Waals surface area contributed by atoms with Crippen LogP contribution in [0.25, 0.3) is 0 Å². The molecule has 1 fully saturated rings. The highest BCUT2D eigenvalue weighted by Crippen LogP contribution is 2.22. The van der Waals surface area contributed by atoms with Crippen LogP contribution in [0.4, 0.5) is 0 Å². The van der Waals surface area contributed by atoms with Gasteiger partial charge in [0.25, 0.3) is 0 Å². The van der Waals surface area contributed by atoms with Gasteiger partial charge in [0.2, 0.25) is 0 Å². The van der Waals surface area contributed by atoms with Crippen LogP contribution in [0.15, 0.2) is 17.4 Å². The lowest BCUT2D eigenvalue weighted by atomic mass is 9.95. The van der Waals surface area contributed by atoms with Gasteiger partial charge in [-0.2, -0.15) is 0 Å². The van der Waals surface area contributed by atoms with Gasteiger partial charge in [0.1, 0.15) is 5.82 Å². The number of halogens is 1. The van der Waals surface area contributed by atoms with E-state index in [1.165, 1.54) is 0 Å². The first kappa shape index (κ1) is 20.4. The van der Waals surface area contributed by atoms with E-state index in [0.717, 1.165) is 43.2 Å². The van der Waals surface area contributed by atoms with E-state index in [9.17, 15) is 4.21 Å². The maximum Gasteiger partial charge on any atom is 0.191 e. The molecule has 0 amide bonds. The lowest BCUT2D eigenvalue weighted by molar-refractivity contribution is 0.413. The highest BCUT2D eigenvalue weighted by Gasteiger charge is 2.26. The molecule has 0 bridgehead atoms. The smallest absolute Gasteiger partial charge is 0.191 e. The number of imidazole rings is 1. The molecule has 1 heterocycles. The Bertz CT molecular complexity index is 534. The first-order valence-electron chi connectivity index (χ1n) is 7.94. The summed E-state index contributed by atoms with van der Waals surface area (Å²) in [6, 6.07) is 0.349. The molecule has 1 aliphatic rings. The normalized spacial score (nSPS) is 23.0. The highest BCUT2D eigenvalue weighted by atomic mass is 127. The van der Waals surface area contributed by atoms with Crippen molar-refractivity contribution in [2.45, 2.75) is 50.4 Å². The van der Waals surface area contributed by atoms with E-state index in [2.05, 4.69) is 20.6 Å². The van der Waals surface area contributed by atoms with Crippen molar-refractivity contribution in [1.82, 2.24) is 20.2 Å². The van der Waals surface area contributed by atoms with Crippen LogP contribution in [0.2, 0.25) is 0 Å². The van der Waals surface area contributed by atoms with Crippen LogP contribution in [0.1, 0.15) is 38.4 Å². The monoisotopic (exact) mass is 453 g/mol. The summed E-state index contributed by atoms with van der Waals surface area (Å²) in [5.74, 6) is 2.51. The van der Waals surface area contributed by atoms with Gasteiger partial charge in [0, 0.05) is 54.3 Å². The Labute approximate surface area is 158 Å². The molecule has 2 N–H and O–H groups in total. The minimum Gasteiger partial charge on any atom is -0.354 e. The molecule has 2 rings (SSSR count). The summed E-state index contributed by atoms with van der Waals surface area (Å²) in [5.41, 5.74) is 0. The first-order chi connectivity index (χ1) is 10.6.